The van der Waals surface area contributed by atoms with E-state index in [0.717, 1.165) is 31.8 Å². The van der Waals surface area contributed by atoms with Crippen molar-refractivity contribution in [1.82, 2.24) is 9.80 Å². The lowest BCUT2D eigenvalue weighted by Gasteiger charge is -2.38. The molecule has 13 heavy (non-hydrogen) atoms. The number of hydrogen-bond donors (Lipinski definition) is 1. The zero-order chi connectivity index (χ0) is 9.84. The maximum absolute atomic E-state index is 5.53. The predicted molar refractivity (Wildman–Crippen MR) is 56.7 cm³/mol. The monoisotopic (exact) mass is 183 g/mol. The third-order valence-corrected chi connectivity index (χ3v) is 2.68. The van der Waals surface area contributed by atoms with Gasteiger partial charge in [-0.3, -0.25) is 4.90 Å². The summed E-state index contributed by atoms with van der Waals surface area (Å²) in [6.45, 7) is 11.2. The van der Waals surface area contributed by atoms with Gasteiger partial charge in [0.25, 0.3) is 0 Å². The standard InChI is InChI=1S/C10H21N3/c1-9(6-11)7-13-5-4-12(3)8-10(13)2/h10H,1,4-8,11H2,2-3H3. The first kappa shape index (κ1) is 10.7. The van der Waals surface area contributed by atoms with Crippen molar-refractivity contribution in [1.29, 1.82) is 0 Å². The van der Waals surface area contributed by atoms with Crippen LogP contribution in [0.2, 0.25) is 0 Å². The Morgan fingerprint density at radius 1 is 1.54 bits per heavy atom. The van der Waals surface area contributed by atoms with Crippen LogP contribution in [0.15, 0.2) is 12.2 Å². The van der Waals surface area contributed by atoms with Crippen LogP contribution in [-0.4, -0.2) is 55.6 Å². The van der Waals surface area contributed by atoms with Gasteiger partial charge in [-0.15, -0.1) is 0 Å². The molecule has 1 atom stereocenters. The van der Waals surface area contributed by atoms with Gasteiger partial charge in [0.15, 0.2) is 0 Å². The fourth-order valence-electron chi connectivity index (χ4n) is 1.76. The summed E-state index contributed by atoms with van der Waals surface area (Å²) < 4.78 is 0. The Bertz CT molecular complexity index is 179. The fraction of sp³-hybridized carbons (Fsp3) is 0.800. The van der Waals surface area contributed by atoms with Gasteiger partial charge in [0.05, 0.1) is 0 Å². The Morgan fingerprint density at radius 3 is 2.77 bits per heavy atom. The average molecular weight is 183 g/mol. The number of rotatable bonds is 3. The molecule has 1 heterocycles. The second kappa shape index (κ2) is 4.74. The molecule has 0 radical (unpaired) electrons. The van der Waals surface area contributed by atoms with Crippen molar-refractivity contribution in [3.8, 4) is 0 Å². The van der Waals surface area contributed by atoms with Gasteiger partial charge in [-0.25, -0.2) is 0 Å². The van der Waals surface area contributed by atoms with Crippen LogP contribution < -0.4 is 5.73 Å². The second-order valence-corrected chi connectivity index (χ2v) is 4.04. The lowest BCUT2D eigenvalue weighted by atomic mass is 10.1. The molecule has 0 aromatic rings. The van der Waals surface area contributed by atoms with E-state index >= 15 is 0 Å². The van der Waals surface area contributed by atoms with E-state index in [1.54, 1.807) is 0 Å². The highest BCUT2D eigenvalue weighted by atomic mass is 15.3. The smallest absolute Gasteiger partial charge is 0.0206 e. The van der Waals surface area contributed by atoms with Gasteiger partial charge in [0, 0.05) is 38.8 Å². The topological polar surface area (TPSA) is 32.5 Å². The van der Waals surface area contributed by atoms with Crippen LogP contribution in [0.4, 0.5) is 0 Å². The molecule has 0 amide bonds. The zero-order valence-electron chi connectivity index (χ0n) is 8.79. The Morgan fingerprint density at radius 2 is 2.23 bits per heavy atom. The molecule has 0 aromatic carbocycles. The second-order valence-electron chi connectivity index (χ2n) is 4.04. The van der Waals surface area contributed by atoms with Crippen LogP contribution in [-0.2, 0) is 0 Å². The summed E-state index contributed by atoms with van der Waals surface area (Å²) in [4.78, 5) is 4.82. The first-order valence-corrected chi connectivity index (χ1v) is 4.92. The van der Waals surface area contributed by atoms with Gasteiger partial charge in [-0.1, -0.05) is 6.58 Å². The lowest BCUT2D eigenvalue weighted by molar-refractivity contribution is 0.109. The van der Waals surface area contributed by atoms with Crippen molar-refractivity contribution in [2.45, 2.75) is 13.0 Å². The lowest BCUT2D eigenvalue weighted by Crippen LogP contribution is -2.51. The highest BCUT2D eigenvalue weighted by molar-refractivity contribution is 5.00. The Kier molecular flexibility index (Phi) is 3.90. The normalized spacial score (nSPS) is 26.2. The molecular weight excluding hydrogens is 162 g/mol. The zero-order valence-corrected chi connectivity index (χ0v) is 8.79. The molecule has 2 N–H and O–H groups in total. The Balaban J connectivity index is 2.38. The molecule has 76 valence electrons. The molecule has 0 saturated carbocycles. The van der Waals surface area contributed by atoms with Crippen molar-refractivity contribution in [2.24, 2.45) is 5.73 Å². The fourth-order valence-corrected chi connectivity index (χ4v) is 1.76. The number of piperazine rings is 1. The molecule has 1 aliphatic rings. The molecule has 3 nitrogen and oxygen atoms in total. The summed E-state index contributed by atoms with van der Waals surface area (Å²) in [6, 6.07) is 0.627. The molecule has 0 spiro atoms. The average Bonchev–Trinajstić information content (AvgIpc) is 2.09. The molecule has 0 aromatic heterocycles. The van der Waals surface area contributed by atoms with Crippen molar-refractivity contribution < 1.29 is 0 Å². The van der Waals surface area contributed by atoms with Crippen molar-refractivity contribution in [2.75, 3.05) is 39.8 Å². The van der Waals surface area contributed by atoms with Crippen molar-refractivity contribution in [3.05, 3.63) is 12.2 Å². The third-order valence-electron chi connectivity index (χ3n) is 2.68. The molecular formula is C10H21N3. The van der Waals surface area contributed by atoms with Gasteiger partial charge in [0.2, 0.25) is 0 Å². The molecule has 1 saturated heterocycles. The first-order chi connectivity index (χ1) is 6.13. The largest absolute Gasteiger partial charge is 0.327 e. The molecule has 1 rings (SSSR count). The molecule has 1 aliphatic heterocycles. The van der Waals surface area contributed by atoms with Crippen LogP contribution in [0.5, 0.6) is 0 Å². The van der Waals surface area contributed by atoms with Crippen molar-refractivity contribution in [3.63, 3.8) is 0 Å². The highest BCUT2D eigenvalue weighted by Crippen LogP contribution is 2.08. The van der Waals surface area contributed by atoms with Crippen LogP contribution in [0, 0.1) is 0 Å². The van der Waals surface area contributed by atoms with Gasteiger partial charge in [-0.05, 0) is 19.5 Å². The minimum Gasteiger partial charge on any atom is -0.327 e. The first-order valence-electron chi connectivity index (χ1n) is 4.92. The molecule has 0 aliphatic carbocycles. The van der Waals surface area contributed by atoms with Gasteiger partial charge in [0.1, 0.15) is 0 Å². The van der Waals surface area contributed by atoms with Crippen molar-refractivity contribution >= 4 is 0 Å². The summed E-state index contributed by atoms with van der Waals surface area (Å²) in [5.41, 5.74) is 6.66. The van der Waals surface area contributed by atoms with E-state index in [1.807, 2.05) is 0 Å². The summed E-state index contributed by atoms with van der Waals surface area (Å²) >= 11 is 0. The number of nitrogens with two attached hydrogens (primary N) is 1. The summed E-state index contributed by atoms with van der Waals surface area (Å²) in [5, 5.41) is 0. The third kappa shape index (κ3) is 3.10. The van der Waals surface area contributed by atoms with E-state index in [4.69, 9.17) is 5.73 Å². The maximum atomic E-state index is 5.53. The molecule has 3 heteroatoms. The van der Waals surface area contributed by atoms with Gasteiger partial charge < -0.3 is 10.6 Å². The molecule has 1 unspecified atom stereocenters. The van der Waals surface area contributed by atoms with Crippen LogP contribution >= 0.6 is 0 Å². The minimum atomic E-state index is 0.610. The Hall–Kier alpha value is -0.380. The van der Waals surface area contributed by atoms with E-state index < -0.39 is 0 Å². The summed E-state index contributed by atoms with van der Waals surface area (Å²) in [5.74, 6) is 0. The summed E-state index contributed by atoms with van der Waals surface area (Å²) in [6.07, 6.45) is 0. The van der Waals surface area contributed by atoms with E-state index in [9.17, 15) is 0 Å². The van der Waals surface area contributed by atoms with E-state index in [2.05, 4.69) is 30.4 Å². The number of likely N-dealkylation sites (N-methyl/N-ethyl adjacent to an activating group) is 1. The van der Waals surface area contributed by atoms with Crippen LogP contribution in [0.1, 0.15) is 6.92 Å². The Labute approximate surface area is 81.2 Å². The SMILES string of the molecule is C=C(CN)CN1CCN(C)CC1C. The molecule has 0 bridgehead atoms. The van der Waals surface area contributed by atoms with E-state index in [1.165, 1.54) is 0 Å². The number of nitrogens with zero attached hydrogens (tertiary/aromatic N) is 2. The highest BCUT2D eigenvalue weighted by Gasteiger charge is 2.20. The maximum Gasteiger partial charge on any atom is 0.0206 e. The van der Waals surface area contributed by atoms with Crippen LogP contribution in [0.3, 0.4) is 0 Å². The number of hydrogen-bond acceptors (Lipinski definition) is 3. The minimum absolute atomic E-state index is 0.610. The van der Waals surface area contributed by atoms with Gasteiger partial charge >= 0.3 is 0 Å². The summed E-state index contributed by atoms with van der Waals surface area (Å²) in [7, 11) is 2.17. The van der Waals surface area contributed by atoms with Gasteiger partial charge in [-0.2, -0.15) is 0 Å². The predicted octanol–water partition coefficient (Wildman–Crippen LogP) is 0.137. The quantitative estimate of drug-likeness (QED) is 0.632. The van der Waals surface area contributed by atoms with Crippen LogP contribution in [0.25, 0.3) is 0 Å². The molecule has 1 fully saturated rings. The van der Waals surface area contributed by atoms with E-state index in [-0.39, 0.29) is 0 Å². The van der Waals surface area contributed by atoms with E-state index in [0.29, 0.717) is 12.6 Å².